The van der Waals surface area contributed by atoms with Gasteiger partial charge in [-0.15, -0.1) is 5.10 Å². The fourth-order valence-electron chi connectivity index (χ4n) is 2.75. The maximum Gasteiger partial charge on any atom is 0.275 e. The summed E-state index contributed by atoms with van der Waals surface area (Å²) < 4.78 is 9.92. The summed E-state index contributed by atoms with van der Waals surface area (Å²) in [6.45, 7) is 5.53. The van der Waals surface area contributed by atoms with Gasteiger partial charge in [-0.2, -0.15) is 0 Å². The van der Waals surface area contributed by atoms with Crippen LogP contribution in [0.15, 0.2) is 23.6 Å². The molecule has 1 aromatic carbocycles. The highest BCUT2D eigenvalue weighted by molar-refractivity contribution is 7.03. The van der Waals surface area contributed by atoms with E-state index in [-0.39, 0.29) is 12.0 Å². The van der Waals surface area contributed by atoms with E-state index in [4.69, 9.17) is 4.74 Å². The molecule has 1 fully saturated rings. The molecule has 0 atom stereocenters. The van der Waals surface area contributed by atoms with Gasteiger partial charge in [-0.05, 0) is 36.5 Å². The zero-order chi connectivity index (χ0) is 15.5. The van der Waals surface area contributed by atoms with Gasteiger partial charge < -0.3 is 9.64 Å². The van der Waals surface area contributed by atoms with Crippen LogP contribution >= 0.6 is 11.5 Å². The van der Waals surface area contributed by atoms with Crippen LogP contribution in [-0.2, 0) is 0 Å². The van der Waals surface area contributed by atoms with E-state index in [0.29, 0.717) is 18.8 Å². The molecule has 1 aliphatic rings. The summed E-state index contributed by atoms with van der Waals surface area (Å²) in [6, 6.07) is 6.17. The first-order valence-electron chi connectivity index (χ1n) is 7.44. The number of piperidine rings is 1. The van der Waals surface area contributed by atoms with Crippen molar-refractivity contribution in [1.82, 2.24) is 14.5 Å². The first-order valence-corrected chi connectivity index (χ1v) is 8.28. The lowest BCUT2D eigenvalue weighted by Crippen LogP contribution is -2.42. The van der Waals surface area contributed by atoms with Gasteiger partial charge in [0.25, 0.3) is 5.91 Å². The van der Waals surface area contributed by atoms with Crippen molar-refractivity contribution in [3.05, 3.63) is 40.4 Å². The largest absolute Gasteiger partial charge is 0.490 e. The molecular formula is C16H19N3O2S. The molecule has 5 nitrogen and oxygen atoms in total. The first-order chi connectivity index (χ1) is 10.6. The van der Waals surface area contributed by atoms with Gasteiger partial charge in [0.15, 0.2) is 5.69 Å². The second-order valence-electron chi connectivity index (χ2n) is 5.62. The highest BCUT2D eigenvalue weighted by Gasteiger charge is 2.26. The summed E-state index contributed by atoms with van der Waals surface area (Å²) in [5.41, 5.74) is 2.76. The molecule has 0 N–H and O–H groups in total. The molecule has 2 aromatic rings. The number of para-hydroxylation sites is 1. The molecule has 1 amide bonds. The molecule has 2 heterocycles. The van der Waals surface area contributed by atoms with E-state index in [1.807, 2.05) is 11.0 Å². The maximum atomic E-state index is 12.2. The van der Waals surface area contributed by atoms with Crippen molar-refractivity contribution in [1.29, 1.82) is 0 Å². The van der Waals surface area contributed by atoms with Crippen LogP contribution < -0.4 is 4.74 Å². The second-order valence-corrected chi connectivity index (χ2v) is 6.23. The maximum absolute atomic E-state index is 12.2. The van der Waals surface area contributed by atoms with Gasteiger partial charge in [-0.25, -0.2) is 0 Å². The average molecular weight is 317 g/mol. The fraction of sp³-hybridized carbons (Fsp3) is 0.438. The molecule has 1 aromatic heterocycles. The van der Waals surface area contributed by atoms with E-state index in [9.17, 15) is 4.79 Å². The van der Waals surface area contributed by atoms with Crippen molar-refractivity contribution >= 4 is 17.4 Å². The van der Waals surface area contributed by atoms with Crippen molar-refractivity contribution in [2.24, 2.45) is 0 Å². The Balaban J connectivity index is 1.59. The highest BCUT2D eigenvalue weighted by Crippen LogP contribution is 2.26. The Hall–Kier alpha value is -1.95. The topological polar surface area (TPSA) is 55.3 Å². The summed E-state index contributed by atoms with van der Waals surface area (Å²) in [5.74, 6) is 0.954. The van der Waals surface area contributed by atoms with Crippen molar-refractivity contribution in [3.63, 3.8) is 0 Å². The summed E-state index contributed by atoms with van der Waals surface area (Å²) in [4.78, 5) is 14.1. The molecule has 0 aliphatic carbocycles. The zero-order valence-corrected chi connectivity index (χ0v) is 13.6. The summed E-state index contributed by atoms with van der Waals surface area (Å²) in [6.07, 6.45) is 1.85. The van der Waals surface area contributed by atoms with Gasteiger partial charge in [0.1, 0.15) is 11.9 Å². The Bertz CT molecular complexity index is 629. The molecule has 1 saturated heterocycles. The molecule has 0 unspecified atom stereocenters. The van der Waals surface area contributed by atoms with Crippen LogP contribution in [0.2, 0.25) is 0 Å². The summed E-state index contributed by atoms with van der Waals surface area (Å²) >= 11 is 1.20. The molecule has 0 bridgehead atoms. The molecule has 0 spiro atoms. The number of likely N-dealkylation sites (tertiary alicyclic amines) is 1. The van der Waals surface area contributed by atoms with Crippen LogP contribution in [0.5, 0.6) is 5.75 Å². The number of aryl methyl sites for hydroxylation is 2. The van der Waals surface area contributed by atoms with Crippen LogP contribution in [0.4, 0.5) is 0 Å². The quantitative estimate of drug-likeness (QED) is 0.873. The van der Waals surface area contributed by atoms with Crippen molar-refractivity contribution < 1.29 is 9.53 Å². The summed E-state index contributed by atoms with van der Waals surface area (Å²) in [5, 5.41) is 5.54. The first kappa shape index (κ1) is 15.0. The molecule has 6 heteroatoms. The third-order valence-corrected chi connectivity index (χ3v) is 4.51. The van der Waals surface area contributed by atoms with Gasteiger partial charge in [0, 0.05) is 31.3 Å². The van der Waals surface area contributed by atoms with E-state index in [1.54, 1.807) is 5.38 Å². The number of carbonyl (C=O) groups is 1. The molecule has 116 valence electrons. The molecule has 22 heavy (non-hydrogen) atoms. The SMILES string of the molecule is Cc1cccc(C)c1OC1CCN(C(=O)c2csnn2)CC1. The van der Waals surface area contributed by atoms with Crippen molar-refractivity contribution in [2.75, 3.05) is 13.1 Å². The third kappa shape index (κ3) is 3.11. The lowest BCUT2D eigenvalue weighted by atomic mass is 10.1. The van der Waals surface area contributed by atoms with E-state index in [2.05, 4.69) is 35.6 Å². The minimum atomic E-state index is -0.0285. The van der Waals surface area contributed by atoms with Gasteiger partial charge in [0.05, 0.1) is 0 Å². The Labute approximate surface area is 134 Å². The van der Waals surface area contributed by atoms with Gasteiger partial charge in [-0.1, -0.05) is 22.7 Å². The number of rotatable bonds is 3. The number of nitrogens with zero attached hydrogens (tertiary/aromatic N) is 3. The molecular weight excluding hydrogens is 298 g/mol. The number of aromatic nitrogens is 2. The highest BCUT2D eigenvalue weighted by atomic mass is 32.1. The number of hydrogen-bond acceptors (Lipinski definition) is 5. The Morgan fingerprint density at radius 3 is 2.55 bits per heavy atom. The predicted octanol–water partition coefficient (Wildman–Crippen LogP) is 2.84. The standard InChI is InChI=1S/C16H19N3O2S/c1-11-4-3-5-12(2)15(11)21-13-6-8-19(9-7-13)16(20)14-10-22-18-17-14/h3-5,10,13H,6-9H2,1-2H3. The molecule has 0 saturated carbocycles. The predicted molar refractivity (Wildman–Crippen MR) is 85.4 cm³/mol. The number of benzene rings is 1. The lowest BCUT2D eigenvalue weighted by Gasteiger charge is -2.32. The number of amides is 1. The molecule has 3 rings (SSSR count). The number of hydrogen-bond donors (Lipinski definition) is 0. The zero-order valence-electron chi connectivity index (χ0n) is 12.8. The van der Waals surface area contributed by atoms with E-state index in [1.165, 1.54) is 11.5 Å². The van der Waals surface area contributed by atoms with Gasteiger partial charge >= 0.3 is 0 Å². The van der Waals surface area contributed by atoms with Gasteiger partial charge in [0.2, 0.25) is 0 Å². The normalized spacial score (nSPS) is 15.8. The van der Waals surface area contributed by atoms with Crippen LogP contribution in [0.3, 0.4) is 0 Å². The molecule has 0 radical (unpaired) electrons. The Kier molecular flexibility index (Phi) is 4.38. The van der Waals surface area contributed by atoms with Crippen LogP contribution in [0.25, 0.3) is 0 Å². The van der Waals surface area contributed by atoms with Crippen LogP contribution in [-0.4, -0.2) is 39.6 Å². The van der Waals surface area contributed by atoms with Crippen molar-refractivity contribution in [2.45, 2.75) is 32.8 Å². The Morgan fingerprint density at radius 2 is 1.95 bits per heavy atom. The average Bonchev–Trinajstić information content (AvgIpc) is 3.05. The Morgan fingerprint density at radius 1 is 1.27 bits per heavy atom. The smallest absolute Gasteiger partial charge is 0.275 e. The number of ether oxygens (including phenoxy) is 1. The third-order valence-electron chi connectivity index (χ3n) is 4.00. The van der Waals surface area contributed by atoms with E-state index < -0.39 is 0 Å². The lowest BCUT2D eigenvalue weighted by molar-refractivity contribution is 0.0587. The van der Waals surface area contributed by atoms with Crippen LogP contribution in [0, 0.1) is 13.8 Å². The van der Waals surface area contributed by atoms with Crippen molar-refractivity contribution in [3.8, 4) is 5.75 Å². The minimum Gasteiger partial charge on any atom is -0.490 e. The summed E-state index contributed by atoms with van der Waals surface area (Å²) in [7, 11) is 0. The second kappa shape index (κ2) is 6.44. The monoisotopic (exact) mass is 317 g/mol. The van der Waals surface area contributed by atoms with Gasteiger partial charge in [-0.3, -0.25) is 4.79 Å². The van der Waals surface area contributed by atoms with E-state index >= 15 is 0 Å². The number of carbonyl (C=O) groups excluding carboxylic acids is 1. The van der Waals surface area contributed by atoms with E-state index in [0.717, 1.165) is 29.7 Å². The van der Waals surface area contributed by atoms with Crippen LogP contribution in [0.1, 0.15) is 34.5 Å². The fourth-order valence-corrected chi connectivity index (χ4v) is 3.18. The minimum absolute atomic E-state index is 0.0285. The molecule has 1 aliphatic heterocycles.